The normalized spacial score (nSPS) is 34.9. The Morgan fingerprint density at radius 3 is 2.23 bits per heavy atom. The highest BCUT2D eigenvalue weighted by atomic mass is 16.6. The van der Waals surface area contributed by atoms with Gasteiger partial charge in [-0.25, -0.2) is 9.59 Å². The molecule has 2 saturated heterocycles. The van der Waals surface area contributed by atoms with Crippen LogP contribution in [0.1, 0.15) is 67.7 Å². The number of hydrogen-bond acceptors (Lipinski definition) is 6. The van der Waals surface area contributed by atoms with E-state index < -0.39 is 6.10 Å². The Labute approximate surface area is 185 Å². The van der Waals surface area contributed by atoms with Crippen molar-refractivity contribution in [3.63, 3.8) is 0 Å². The highest BCUT2D eigenvalue weighted by Crippen LogP contribution is 2.52. The van der Waals surface area contributed by atoms with Crippen LogP contribution in [0, 0.1) is 5.92 Å². The van der Waals surface area contributed by atoms with E-state index in [2.05, 4.69) is 6.58 Å². The number of hydrogen-bond donors (Lipinski definition) is 0. The van der Waals surface area contributed by atoms with Crippen molar-refractivity contribution in [1.29, 1.82) is 0 Å². The van der Waals surface area contributed by atoms with Crippen LogP contribution >= 0.6 is 0 Å². The Kier molecular flexibility index (Phi) is 6.55. The minimum absolute atomic E-state index is 0.00902. The Morgan fingerprint density at radius 1 is 1.10 bits per heavy atom. The molecule has 0 spiro atoms. The number of carbonyl (C=O) groups excluding carboxylic acids is 2. The smallest absolute Gasteiger partial charge is 0.333 e. The van der Waals surface area contributed by atoms with Gasteiger partial charge in [-0.15, -0.1) is 0 Å². The molecule has 6 nitrogen and oxygen atoms in total. The van der Waals surface area contributed by atoms with Gasteiger partial charge in [-0.1, -0.05) is 18.7 Å². The molecule has 0 aromatic heterocycles. The van der Waals surface area contributed by atoms with E-state index in [1.54, 1.807) is 32.9 Å². The van der Waals surface area contributed by atoms with Crippen LogP contribution in [0.2, 0.25) is 0 Å². The van der Waals surface area contributed by atoms with Crippen molar-refractivity contribution in [3.05, 3.63) is 35.5 Å². The summed E-state index contributed by atoms with van der Waals surface area (Å²) in [6.07, 6.45) is 4.49. The lowest BCUT2D eigenvalue weighted by molar-refractivity contribution is -0.150. The van der Waals surface area contributed by atoms with Gasteiger partial charge in [0.1, 0.15) is 12.2 Å². The van der Waals surface area contributed by atoms with Gasteiger partial charge in [0, 0.05) is 29.9 Å². The predicted octanol–water partition coefficient (Wildman–Crippen LogP) is 4.43. The first kappa shape index (κ1) is 23.7. The van der Waals surface area contributed by atoms with Crippen LogP contribution in [0.4, 0.5) is 0 Å². The average molecular weight is 433 g/mol. The minimum Gasteiger partial charge on any atom is -0.458 e. The second kappa shape index (κ2) is 8.55. The van der Waals surface area contributed by atoms with Gasteiger partial charge in [0.05, 0.1) is 23.4 Å². The molecule has 0 radical (unpaired) electrons. The summed E-state index contributed by atoms with van der Waals surface area (Å²) in [7, 11) is 0. The number of rotatable bonds is 8. The first-order valence-electron chi connectivity index (χ1n) is 11.1. The average Bonchev–Trinajstić information content (AvgIpc) is 3.57. The van der Waals surface area contributed by atoms with Crippen molar-refractivity contribution >= 4 is 11.9 Å². The van der Waals surface area contributed by atoms with Gasteiger partial charge in [0.25, 0.3) is 0 Å². The lowest BCUT2D eigenvalue weighted by Crippen LogP contribution is -2.41. The number of carbonyl (C=O) groups is 2. The monoisotopic (exact) mass is 432 g/mol. The highest BCUT2D eigenvalue weighted by molar-refractivity contribution is 5.88. The first-order chi connectivity index (χ1) is 14.4. The van der Waals surface area contributed by atoms with E-state index in [4.69, 9.17) is 18.9 Å². The molecule has 3 fully saturated rings. The molecule has 0 bridgehead atoms. The first-order valence-corrected chi connectivity index (χ1v) is 11.1. The topological polar surface area (TPSA) is 77.7 Å². The van der Waals surface area contributed by atoms with Gasteiger partial charge in [0.15, 0.2) is 0 Å². The fraction of sp³-hybridized carbons (Fsp3) is 0.680. The Balaban J connectivity index is 1.80. The van der Waals surface area contributed by atoms with Crippen LogP contribution in [-0.4, -0.2) is 47.6 Å². The summed E-state index contributed by atoms with van der Waals surface area (Å²) in [6, 6.07) is 0. The molecule has 31 heavy (non-hydrogen) atoms. The molecular weight excluding hydrogens is 396 g/mol. The van der Waals surface area contributed by atoms with E-state index >= 15 is 0 Å². The van der Waals surface area contributed by atoms with Gasteiger partial charge in [0.2, 0.25) is 0 Å². The van der Waals surface area contributed by atoms with Crippen molar-refractivity contribution in [1.82, 2.24) is 0 Å². The van der Waals surface area contributed by atoms with E-state index in [9.17, 15) is 9.59 Å². The molecule has 0 aromatic carbocycles. The minimum atomic E-state index is -0.522. The summed E-state index contributed by atoms with van der Waals surface area (Å²) in [5.74, 6) is -0.855. The van der Waals surface area contributed by atoms with Crippen molar-refractivity contribution in [2.24, 2.45) is 5.92 Å². The molecule has 0 amide bonds. The van der Waals surface area contributed by atoms with E-state index in [0.29, 0.717) is 30.4 Å². The predicted molar refractivity (Wildman–Crippen MR) is 117 cm³/mol. The summed E-state index contributed by atoms with van der Waals surface area (Å²) in [6.45, 7) is 17.5. The van der Waals surface area contributed by atoms with E-state index in [1.807, 2.05) is 27.7 Å². The van der Waals surface area contributed by atoms with Crippen molar-refractivity contribution in [3.8, 4) is 0 Å². The van der Waals surface area contributed by atoms with E-state index in [0.717, 1.165) is 5.57 Å². The van der Waals surface area contributed by atoms with E-state index in [1.165, 1.54) is 0 Å². The fourth-order valence-electron chi connectivity index (χ4n) is 4.27. The Morgan fingerprint density at radius 2 is 1.68 bits per heavy atom. The number of epoxide rings is 2. The van der Waals surface area contributed by atoms with Gasteiger partial charge in [-0.05, 0) is 60.5 Å². The van der Waals surface area contributed by atoms with Gasteiger partial charge in [-0.3, -0.25) is 0 Å². The van der Waals surface area contributed by atoms with E-state index in [-0.39, 0.29) is 47.4 Å². The molecule has 3 rings (SSSR count). The van der Waals surface area contributed by atoms with Crippen molar-refractivity contribution < 1.29 is 28.5 Å². The van der Waals surface area contributed by atoms with Gasteiger partial charge >= 0.3 is 11.9 Å². The maximum absolute atomic E-state index is 12.6. The molecule has 2 unspecified atom stereocenters. The maximum atomic E-state index is 12.6. The quantitative estimate of drug-likeness (QED) is 0.244. The van der Waals surface area contributed by atoms with Crippen LogP contribution < -0.4 is 0 Å². The van der Waals surface area contributed by atoms with Crippen LogP contribution in [0.25, 0.3) is 0 Å². The summed E-state index contributed by atoms with van der Waals surface area (Å²) >= 11 is 0. The Bertz CT molecular complexity index is 822. The van der Waals surface area contributed by atoms with Gasteiger partial charge in [-0.2, -0.15) is 0 Å². The lowest BCUT2D eigenvalue weighted by atomic mass is 9.75. The second-order valence-corrected chi connectivity index (χ2v) is 9.77. The van der Waals surface area contributed by atoms with Gasteiger partial charge < -0.3 is 18.9 Å². The fourth-order valence-corrected chi connectivity index (χ4v) is 4.27. The largest absolute Gasteiger partial charge is 0.458 e. The second-order valence-electron chi connectivity index (χ2n) is 9.77. The molecule has 6 atom stereocenters. The third kappa shape index (κ3) is 5.12. The third-order valence-corrected chi connectivity index (χ3v) is 7.06. The van der Waals surface area contributed by atoms with Crippen LogP contribution in [-0.2, 0) is 28.5 Å². The van der Waals surface area contributed by atoms with Crippen molar-refractivity contribution in [2.45, 2.75) is 103 Å². The molecular formula is C25H36O6. The molecule has 2 heterocycles. The van der Waals surface area contributed by atoms with Crippen LogP contribution in [0.5, 0.6) is 0 Å². The van der Waals surface area contributed by atoms with Crippen LogP contribution in [0.15, 0.2) is 35.5 Å². The summed E-state index contributed by atoms with van der Waals surface area (Å²) < 4.78 is 23.4. The van der Waals surface area contributed by atoms with Crippen molar-refractivity contribution in [2.75, 3.05) is 0 Å². The summed E-state index contributed by atoms with van der Waals surface area (Å²) in [5.41, 5.74) is 1.37. The molecule has 172 valence electrons. The standard InChI is InChI=1S/C25H36O6/c1-9-14(3)22(26)28-18(12-20-24(6,7)30-20)16(5)17-11-21-25(8,31-21)13-19(17)29-23(27)15(4)10-2/h9-10,17-21H,5,11-13H2,1-4,6-8H3/b14-9?,15-10-/t17-,18?,19-,20?,21-,25+/m1/s1. The zero-order chi connectivity index (χ0) is 23.1. The molecule has 2 aliphatic heterocycles. The SMILES string of the molecule is C=C(C(CC1OC1(C)C)OC(=O)C(C)=CC)[C@H]1C[C@H]2O[C@@]2(C)C[C@H]1OC(=O)/C(C)=C\C. The number of fused-ring (bicyclic) bond motifs is 1. The molecule has 1 aliphatic carbocycles. The molecule has 0 N–H and O–H groups in total. The molecule has 0 aromatic rings. The lowest BCUT2D eigenvalue weighted by Gasteiger charge is -2.35. The Hall–Kier alpha value is -1.92. The zero-order valence-corrected chi connectivity index (χ0v) is 19.8. The molecule has 1 saturated carbocycles. The van der Waals surface area contributed by atoms with Crippen LogP contribution in [0.3, 0.4) is 0 Å². The molecule has 3 aliphatic rings. The maximum Gasteiger partial charge on any atom is 0.333 e. The third-order valence-electron chi connectivity index (χ3n) is 7.06. The summed E-state index contributed by atoms with van der Waals surface area (Å²) in [5, 5.41) is 0. The zero-order valence-electron chi connectivity index (χ0n) is 19.8. The number of esters is 2. The highest BCUT2D eigenvalue weighted by Gasteiger charge is 2.60. The number of ether oxygens (including phenoxy) is 4. The summed E-state index contributed by atoms with van der Waals surface area (Å²) in [4.78, 5) is 25.1. The number of allylic oxidation sites excluding steroid dienone is 2. The molecule has 6 heteroatoms.